The Morgan fingerprint density at radius 3 is 2.43 bits per heavy atom. The summed E-state index contributed by atoms with van der Waals surface area (Å²) >= 11 is 9.11. The Bertz CT molecular complexity index is 885. The maximum Gasteiger partial charge on any atom is 0.326 e. The molecule has 0 aromatic heterocycles. The van der Waals surface area contributed by atoms with E-state index in [2.05, 4.69) is 15.9 Å². The van der Waals surface area contributed by atoms with Crippen molar-refractivity contribution < 1.29 is 23.9 Å². The van der Waals surface area contributed by atoms with Gasteiger partial charge in [-0.3, -0.25) is 19.3 Å². The minimum atomic E-state index is -0.511. The minimum Gasteiger partial charge on any atom is -0.465 e. The van der Waals surface area contributed by atoms with Crippen molar-refractivity contribution in [3.63, 3.8) is 0 Å². The van der Waals surface area contributed by atoms with Crippen molar-refractivity contribution in [3.8, 4) is 0 Å². The van der Waals surface area contributed by atoms with E-state index in [4.69, 9.17) is 21.1 Å². The van der Waals surface area contributed by atoms with Gasteiger partial charge in [-0.2, -0.15) is 0 Å². The zero-order valence-corrected chi connectivity index (χ0v) is 19.1. The van der Waals surface area contributed by atoms with Crippen LogP contribution in [0.3, 0.4) is 0 Å². The van der Waals surface area contributed by atoms with Crippen molar-refractivity contribution in [2.45, 2.75) is 31.7 Å². The number of hydrogen-bond acceptors (Lipinski definition) is 5. The van der Waals surface area contributed by atoms with E-state index in [1.165, 1.54) is 4.90 Å². The second-order valence-electron chi connectivity index (χ2n) is 6.41. The molecule has 0 saturated heterocycles. The molecule has 6 nitrogen and oxygen atoms in total. The number of amides is 1. The third-order valence-electron chi connectivity index (χ3n) is 4.06. The average molecular weight is 497 g/mol. The van der Waals surface area contributed by atoms with Gasteiger partial charge in [0.2, 0.25) is 0 Å². The Hall–Kier alpha value is -2.38. The first-order chi connectivity index (χ1) is 14.3. The van der Waals surface area contributed by atoms with Crippen LogP contribution in [0.25, 0.3) is 0 Å². The topological polar surface area (TPSA) is 72.9 Å². The van der Waals surface area contributed by atoms with Gasteiger partial charge >= 0.3 is 11.9 Å². The van der Waals surface area contributed by atoms with E-state index in [9.17, 15) is 14.4 Å². The Morgan fingerprint density at radius 2 is 1.80 bits per heavy atom. The Morgan fingerprint density at radius 1 is 1.10 bits per heavy atom. The molecule has 2 rings (SSSR count). The summed E-state index contributed by atoms with van der Waals surface area (Å²) in [4.78, 5) is 38.4. The monoisotopic (exact) mass is 495 g/mol. The standard InChI is InChI=1S/C22H23BrClNO5/c1-3-29-21(27)14-25(19-10-8-18(24)9-11-19)22(28)17-6-4-5-16(13-17)7-12-20(26)30-15(2)23/h4-6,8-11,13,15H,3,7,12,14H2,1-2H3. The van der Waals surface area contributed by atoms with E-state index >= 15 is 0 Å². The molecule has 0 spiro atoms. The van der Waals surface area contributed by atoms with E-state index in [-0.39, 0.29) is 36.5 Å². The van der Waals surface area contributed by atoms with Gasteiger partial charge in [-0.15, -0.1) is 0 Å². The van der Waals surface area contributed by atoms with Crippen LogP contribution in [0.5, 0.6) is 0 Å². The predicted octanol–water partition coefficient (Wildman–Crippen LogP) is 4.77. The third kappa shape index (κ3) is 7.46. The van der Waals surface area contributed by atoms with Gasteiger partial charge in [0, 0.05) is 22.7 Å². The minimum absolute atomic E-state index is 0.192. The molecule has 1 amide bonds. The van der Waals surface area contributed by atoms with Crippen LogP contribution < -0.4 is 4.90 Å². The van der Waals surface area contributed by atoms with Gasteiger partial charge < -0.3 is 9.47 Å². The number of carbonyl (C=O) groups excluding carboxylic acids is 3. The molecule has 2 aromatic rings. The first-order valence-corrected chi connectivity index (χ1v) is 10.7. The fourth-order valence-electron chi connectivity index (χ4n) is 2.74. The summed E-state index contributed by atoms with van der Waals surface area (Å²) in [6.45, 7) is 3.41. The number of nitrogens with zero attached hydrogens (tertiary/aromatic N) is 1. The average Bonchev–Trinajstić information content (AvgIpc) is 2.71. The number of ether oxygens (including phenoxy) is 2. The molecule has 160 valence electrons. The number of rotatable bonds is 9. The second-order valence-corrected chi connectivity index (χ2v) is 8.13. The Kier molecular flexibility index (Phi) is 9.33. The van der Waals surface area contributed by atoms with Gasteiger partial charge in [0.25, 0.3) is 5.91 Å². The quantitative estimate of drug-likeness (QED) is 0.369. The summed E-state index contributed by atoms with van der Waals surface area (Å²) in [6.07, 6.45) is 0.621. The molecule has 0 bridgehead atoms. The van der Waals surface area contributed by atoms with Gasteiger partial charge in [-0.25, -0.2) is 0 Å². The SMILES string of the molecule is CCOC(=O)CN(C(=O)c1cccc(CCC(=O)OC(C)Br)c1)c1ccc(Cl)cc1. The smallest absolute Gasteiger partial charge is 0.326 e. The first-order valence-electron chi connectivity index (χ1n) is 9.45. The fraction of sp³-hybridized carbons (Fsp3) is 0.318. The molecule has 1 atom stereocenters. The number of hydrogen-bond donors (Lipinski definition) is 0. The van der Waals surface area contributed by atoms with Gasteiger partial charge in [-0.1, -0.05) is 23.7 Å². The molecule has 0 heterocycles. The molecule has 2 aromatic carbocycles. The van der Waals surface area contributed by atoms with Crippen LogP contribution in [0.1, 0.15) is 36.2 Å². The number of halogens is 2. The van der Waals surface area contributed by atoms with E-state index in [1.54, 1.807) is 56.3 Å². The van der Waals surface area contributed by atoms with E-state index in [0.29, 0.717) is 22.7 Å². The molecular formula is C22H23BrClNO5. The number of esters is 2. The molecule has 0 radical (unpaired) electrons. The lowest BCUT2D eigenvalue weighted by Gasteiger charge is -2.22. The molecule has 0 saturated carbocycles. The predicted molar refractivity (Wildman–Crippen MR) is 119 cm³/mol. The largest absolute Gasteiger partial charge is 0.465 e. The van der Waals surface area contributed by atoms with E-state index in [1.807, 2.05) is 6.07 Å². The van der Waals surface area contributed by atoms with Crippen molar-refractivity contribution in [2.75, 3.05) is 18.1 Å². The fourth-order valence-corrected chi connectivity index (χ4v) is 3.07. The van der Waals surface area contributed by atoms with Crippen molar-refractivity contribution in [1.29, 1.82) is 0 Å². The summed E-state index contributed by atoms with van der Waals surface area (Å²) in [6, 6.07) is 13.6. The zero-order chi connectivity index (χ0) is 22.1. The van der Waals surface area contributed by atoms with Crippen LogP contribution in [0.2, 0.25) is 5.02 Å². The lowest BCUT2D eigenvalue weighted by atomic mass is 10.1. The maximum atomic E-state index is 13.2. The molecule has 0 N–H and O–H groups in total. The summed E-state index contributed by atoms with van der Waals surface area (Å²) in [5.74, 6) is -1.20. The van der Waals surface area contributed by atoms with Crippen molar-refractivity contribution in [1.82, 2.24) is 0 Å². The number of aryl methyl sites for hydroxylation is 1. The summed E-state index contributed by atoms with van der Waals surface area (Å²) in [7, 11) is 0. The van der Waals surface area contributed by atoms with Crippen molar-refractivity contribution in [3.05, 3.63) is 64.7 Å². The Balaban J connectivity index is 2.21. The highest BCUT2D eigenvalue weighted by atomic mass is 79.9. The number of anilines is 1. The van der Waals surface area contributed by atoms with Crippen LogP contribution in [0.15, 0.2) is 48.5 Å². The van der Waals surface area contributed by atoms with Gasteiger partial charge in [-0.05, 0) is 78.2 Å². The summed E-state index contributed by atoms with van der Waals surface area (Å²) in [5, 5.41) is 0.169. The molecule has 0 aliphatic carbocycles. The normalized spacial score (nSPS) is 11.5. The highest BCUT2D eigenvalue weighted by Crippen LogP contribution is 2.21. The third-order valence-corrected chi connectivity index (χ3v) is 4.50. The van der Waals surface area contributed by atoms with E-state index in [0.717, 1.165) is 5.56 Å². The van der Waals surface area contributed by atoms with Crippen LogP contribution >= 0.6 is 27.5 Å². The number of benzene rings is 2. The lowest BCUT2D eigenvalue weighted by Crippen LogP contribution is -2.36. The van der Waals surface area contributed by atoms with Crippen LogP contribution in [-0.2, 0) is 25.5 Å². The van der Waals surface area contributed by atoms with Gasteiger partial charge in [0.1, 0.15) is 6.54 Å². The maximum absolute atomic E-state index is 13.2. The van der Waals surface area contributed by atoms with Gasteiger partial charge in [0.15, 0.2) is 5.01 Å². The van der Waals surface area contributed by atoms with Crippen LogP contribution in [-0.4, -0.2) is 36.0 Å². The van der Waals surface area contributed by atoms with Crippen LogP contribution in [0.4, 0.5) is 5.69 Å². The molecule has 8 heteroatoms. The first kappa shape index (κ1) is 23.9. The highest BCUT2D eigenvalue weighted by molar-refractivity contribution is 9.09. The van der Waals surface area contributed by atoms with Crippen molar-refractivity contribution in [2.24, 2.45) is 0 Å². The molecule has 0 aliphatic heterocycles. The summed E-state index contributed by atoms with van der Waals surface area (Å²) < 4.78 is 10.1. The Labute approximate surface area is 189 Å². The molecular weight excluding hydrogens is 474 g/mol. The molecule has 0 fully saturated rings. The molecule has 0 aliphatic rings. The second kappa shape index (κ2) is 11.7. The molecule has 1 unspecified atom stereocenters. The van der Waals surface area contributed by atoms with Crippen molar-refractivity contribution >= 4 is 51.1 Å². The number of carbonyl (C=O) groups is 3. The number of alkyl halides is 1. The summed E-state index contributed by atoms with van der Waals surface area (Å²) in [5.41, 5.74) is 1.74. The lowest BCUT2D eigenvalue weighted by molar-refractivity contribution is -0.144. The zero-order valence-electron chi connectivity index (χ0n) is 16.8. The van der Waals surface area contributed by atoms with Crippen LogP contribution in [0, 0.1) is 0 Å². The van der Waals surface area contributed by atoms with E-state index < -0.39 is 5.97 Å². The van der Waals surface area contributed by atoms with Gasteiger partial charge in [0.05, 0.1) is 6.61 Å². The highest BCUT2D eigenvalue weighted by Gasteiger charge is 2.22. The molecule has 30 heavy (non-hydrogen) atoms.